The highest BCUT2D eigenvalue weighted by Crippen LogP contribution is 2.36. The minimum atomic E-state index is -2.10. The minimum absolute atomic E-state index is 0.0194. The van der Waals surface area contributed by atoms with Gasteiger partial charge in [0.15, 0.2) is 11.9 Å². The van der Waals surface area contributed by atoms with Crippen LogP contribution in [-0.2, 0) is 36.7 Å². The topological polar surface area (TPSA) is 174 Å². The van der Waals surface area contributed by atoms with Crippen molar-refractivity contribution >= 4 is 41.0 Å². The van der Waals surface area contributed by atoms with Crippen molar-refractivity contribution in [2.75, 3.05) is 13.7 Å². The lowest BCUT2D eigenvalue weighted by Crippen LogP contribution is -2.47. The molecule has 1 aliphatic heterocycles. The van der Waals surface area contributed by atoms with Crippen LogP contribution < -0.4 is 0 Å². The Morgan fingerprint density at radius 1 is 1.27 bits per heavy atom. The van der Waals surface area contributed by atoms with Crippen molar-refractivity contribution in [3.8, 4) is 12.3 Å². The Morgan fingerprint density at radius 3 is 2.62 bits per heavy atom. The summed E-state index contributed by atoms with van der Waals surface area (Å²) in [6.07, 6.45) is 7.10. The van der Waals surface area contributed by atoms with Crippen LogP contribution in [-0.4, -0.2) is 78.5 Å². The summed E-state index contributed by atoms with van der Waals surface area (Å²) in [5.74, 6) is -0.109. The number of aliphatic hydroxyl groups is 1. The predicted octanol–water partition coefficient (Wildman–Crippen LogP) is 2.31. The molecular formula is C27H29ClN4O8. The molecule has 0 bridgehead atoms. The molecule has 0 aliphatic carbocycles. The maximum atomic E-state index is 12.1. The van der Waals surface area contributed by atoms with E-state index >= 15 is 0 Å². The Balaban J connectivity index is 0.00000216. The summed E-state index contributed by atoms with van der Waals surface area (Å²) in [6.45, 7) is -0.230. The second kappa shape index (κ2) is 14.0. The standard InChI is InChI=1S/C26H25ClN4O7.CH4O/c1-2-17-11-20(31-15-28-22-18(9-6-10-21(33)34)29-25(27)30-23(22)31)38-19(17)13-37-26(14-32,24(35)36)12-16-7-4-3-5-8-16;1-2/h1,3-5,7-8,14-15,17,19-20H,6,9-13H2,(H,33,34)(H,35,36);2H,1H3. The fourth-order valence-electron chi connectivity index (χ4n) is 4.41. The zero-order valence-electron chi connectivity index (χ0n) is 21.6. The number of aryl methyl sites for hydroxylation is 1. The largest absolute Gasteiger partial charge is 0.481 e. The number of fused-ring (bicyclic) bond motifs is 1. The zero-order chi connectivity index (χ0) is 29.3. The average molecular weight is 573 g/mol. The molecule has 40 heavy (non-hydrogen) atoms. The molecule has 12 nitrogen and oxygen atoms in total. The van der Waals surface area contributed by atoms with Gasteiger partial charge < -0.3 is 24.8 Å². The smallest absolute Gasteiger partial charge is 0.343 e. The van der Waals surface area contributed by atoms with Crippen LogP contribution in [0, 0.1) is 18.3 Å². The number of aromatic nitrogens is 4. The van der Waals surface area contributed by atoms with Gasteiger partial charge in [-0.1, -0.05) is 30.3 Å². The summed E-state index contributed by atoms with van der Waals surface area (Å²) in [6, 6.07) is 8.70. The maximum Gasteiger partial charge on any atom is 0.343 e. The number of carboxylic acids is 2. The Kier molecular flexibility index (Phi) is 10.7. The van der Waals surface area contributed by atoms with Gasteiger partial charge in [-0.3, -0.25) is 14.2 Å². The van der Waals surface area contributed by atoms with Gasteiger partial charge in [-0.2, -0.15) is 4.98 Å². The number of hydrogen-bond donors (Lipinski definition) is 3. The number of carbonyl (C=O) groups is 3. The Labute approximate surface area is 234 Å². The normalized spacial score (nSPS) is 19.7. The van der Waals surface area contributed by atoms with Crippen LogP contribution in [0.4, 0.5) is 0 Å². The third-order valence-corrected chi connectivity index (χ3v) is 6.57. The number of terminal acetylenes is 1. The van der Waals surface area contributed by atoms with Crippen LogP contribution in [0.25, 0.3) is 11.2 Å². The van der Waals surface area contributed by atoms with Gasteiger partial charge in [-0.25, -0.2) is 14.8 Å². The van der Waals surface area contributed by atoms with Gasteiger partial charge >= 0.3 is 11.9 Å². The molecule has 3 aromatic rings. The number of nitrogens with zero attached hydrogens (tertiary/aromatic N) is 4. The van der Waals surface area contributed by atoms with Gasteiger partial charge in [0.1, 0.15) is 11.7 Å². The van der Waals surface area contributed by atoms with Gasteiger partial charge in [0.2, 0.25) is 10.9 Å². The molecule has 2 aromatic heterocycles. The van der Waals surface area contributed by atoms with E-state index in [0.717, 1.165) is 7.11 Å². The lowest BCUT2D eigenvalue weighted by molar-refractivity contribution is -0.172. The van der Waals surface area contributed by atoms with Crippen LogP contribution in [0.1, 0.15) is 36.7 Å². The second-order valence-corrected chi connectivity index (χ2v) is 9.27. The van der Waals surface area contributed by atoms with Crippen LogP contribution in [0.3, 0.4) is 0 Å². The summed E-state index contributed by atoms with van der Waals surface area (Å²) < 4.78 is 13.5. The molecule has 0 amide bonds. The SMILES string of the molecule is C#CC1CC(n2cnc3c(CCCC(=O)O)nc(Cl)nc32)OC1COC(C=O)(Cc1ccccc1)C(=O)O.CO. The third-order valence-electron chi connectivity index (χ3n) is 6.40. The van der Waals surface area contributed by atoms with E-state index < -0.39 is 35.8 Å². The van der Waals surface area contributed by atoms with E-state index in [0.29, 0.717) is 41.7 Å². The van der Waals surface area contributed by atoms with Crippen molar-refractivity contribution in [2.24, 2.45) is 5.92 Å². The quantitative estimate of drug-likeness (QED) is 0.126. The summed E-state index contributed by atoms with van der Waals surface area (Å²) >= 11 is 6.14. The molecule has 1 saturated heterocycles. The number of halogens is 1. The molecule has 4 unspecified atom stereocenters. The molecule has 3 heterocycles. The molecule has 1 aliphatic rings. The molecule has 4 rings (SSSR count). The first-order valence-electron chi connectivity index (χ1n) is 12.3. The Hall–Kier alpha value is -3.89. The lowest BCUT2D eigenvalue weighted by Gasteiger charge is -2.26. The first kappa shape index (κ1) is 30.6. The fourth-order valence-corrected chi connectivity index (χ4v) is 4.60. The number of carboxylic acid groups (broad SMARTS) is 2. The molecule has 3 N–H and O–H groups in total. The number of ether oxygens (including phenoxy) is 2. The van der Waals surface area contributed by atoms with E-state index in [9.17, 15) is 19.5 Å². The van der Waals surface area contributed by atoms with E-state index in [2.05, 4.69) is 20.9 Å². The average Bonchev–Trinajstić information content (AvgIpc) is 3.56. The maximum absolute atomic E-state index is 12.1. The lowest BCUT2D eigenvalue weighted by atomic mass is 9.95. The van der Waals surface area contributed by atoms with Crippen molar-refractivity contribution < 1.29 is 39.2 Å². The highest BCUT2D eigenvalue weighted by Gasteiger charge is 2.43. The van der Waals surface area contributed by atoms with E-state index in [1.54, 1.807) is 34.9 Å². The summed E-state index contributed by atoms with van der Waals surface area (Å²) in [7, 11) is 1.00. The van der Waals surface area contributed by atoms with Gasteiger partial charge in [-0.15, -0.1) is 12.3 Å². The minimum Gasteiger partial charge on any atom is -0.481 e. The zero-order valence-corrected chi connectivity index (χ0v) is 22.4. The molecule has 0 radical (unpaired) electrons. The van der Waals surface area contributed by atoms with Gasteiger partial charge in [0.25, 0.3) is 0 Å². The van der Waals surface area contributed by atoms with Crippen LogP contribution in [0.15, 0.2) is 36.7 Å². The molecule has 4 atom stereocenters. The molecule has 13 heteroatoms. The monoisotopic (exact) mass is 572 g/mol. The highest BCUT2D eigenvalue weighted by molar-refractivity contribution is 6.28. The van der Waals surface area contributed by atoms with Gasteiger partial charge in [0.05, 0.1) is 30.7 Å². The number of imidazole rings is 1. The number of aliphatic hydroxyl groups excluding tert-OH is 1. The van der Waals surface area contributed by atoms with Crippen molar-refractivity contribution in [3.63, 3.8) is 0 Å². The van der Waals surface area contributed by atoms with Crippen LogP contribution in [0.2, 0.25) is 5.28 Å². The van der Waals surface area contributed by atoms with Gasteiger partial charge in [-0.05, 0) is 30.0 Å². The second-order valence-electron chi connectivity index (χ2n) is 8.93. The fraction of sp³-hybridized carbons (Fsp3) is 0.407. The van der Waals surface area contributed by atoms with Crippen molar-refractivity contribution in [1.29, 1.82) is 0 Å². The molecule has 0 saturated carbocycles. The first-order valence-corrected chi connectivity index (χ1v) is 12.7. The van der Waals surface area contributed by atoms with Gasteiger partial charge in [0, 0.05) is 26.4 Å². The van der Waals surface area contributed by atoms with Crippen molar-refractivity contribution in [3.05, 3.63) is 53.2 Å². The summed E-state index contributed by atoms with van der Waals surface area (Å²) in [5.41, 5.74) is -0.0932. The highest BCUT2D eigenvalue weighted by atomic mass is 35.5. The first-order chi connectivity index (χ1) is 19.3. The molecule has 212 valence electrons. The number of rotatable bonds is 12. The number of aliphatic carboxylic acids is 2. The molecule has 0 spiro atoms. The third kappa shape index (κ3) is 7.00. The van der Waals surface area contributed by atoms with Crippen molar-refractivity contribution in [1.82, 2.24) is 19.5 Å². The van der Waals surface area contributed by atoms with Crippen molar-refractivity contribution in [2.45, 2.75) is 50.0 Å². The predicted molar refractivity (Wildman–Crippen MR) is 142 cm³/mol. The summed E-state index contributed by atoms with van der Waals surface area (Å²) in [5, 5.41) is 25.7. The number of carbonyl (C=O) groups excluding carboxylic acids is 1. The van der Waals surface area contributed by atoms with E-state index in [4.69, 9.17) is 37.7 Å². The van der Waals surface area contributed by atoms with E-state index in [1.165, 1.54) is 6.33 Å². The van der Waals surface area contributed by atoms with Crippen LogP contribution in [0.5, 0.6) is 0 Å². The number of benzene rings is 1. The molecule has 1 aromatic carbocycles. The number of aldehydes is 1. The number of hydrogen-bond acceptors (Lipinski definition) is 9. The van der Waals surface area contributed by atoms with Crippen LogP contribution >= 0.6 is 11.6 Å². The summed E-state index contributed by atoms with van der Waals surface area (Å²) in [4.78, 5) is 47.8. The Bertz CT molecular complexity index is 1380. The molecule has 1 fully saturated rings. The van der Waals surface area contributed by atoms with E-state index in [-0.39, 0.29) is 31.0 Å². The Morgan fingerprint density at radius 2 is 2.00 bits per heavy atom. The molecular weight excluding hydrogens is 544 g/mol. The van der Waals surface area contributed by atoms with E-state index in [1.807, 2.05) is 0 Å².